The van der Waals surface area contributed by atoms with Crippen LogP contribution >= 0.6 is 0 Å². The molecule has 3 fully saturated rings. The molecular formula is C24H34O6. The van der Waals surface area contributed by atoms with E-state index < -0.39 is 11.5 Å². The van der Waals surface area contributed by atoms with E-state index in [9.17, 15) is 14.4 Å². The average molecular weight is 419 g/mol. The minimum Gasteiger partial charge on any atom is -0.462 e. The fourth-order valence-corrected chi connectivity index (χ4v) is 7.79. The maximum atomic E-state index is 12.5. The molecule has 0 bridgehead atoms. The summed E-state index contributed by atoms with van der Waals surface area (Å²) in [4.78, 5) is 36.7. The number of carbonyl (C=O) groups is 3. The third-order valence-corrected chi connectivity index (χ3v) is 8.83. The minimum absolute atomic E-state index is 0.0696. The second kappa shape index (κ2) is 6.83. The van der Waals surface area contributed by atoms with Crippen molar-refractivity contribution < 1.29 is 28.6 Å². The van der Waals surface area contributed by atoms with Crippen molar-refractivity contribution in [3.05, 3.63) is 11.6 Å². The van der Waals surface area contributed by atoms with Crippen LogP contribution in [0.2, 0.25) is 0 Å². The van der Waals surface area contributed by atoms with E-state index in [1.165, 1.54) is 13.8 Å². The lowest BCUT2D eigenvalue weighted by atomic mass is 9.38. The Hall–Kier alpha value is -1.85. The van der Waals surface area contributed by atoms with E-state index in [1.54, 1.807) is 0 Å². The zero-order valence-corrected chi connectivity index (χ0v) is 18.9. The van der Waals surface area contributed by atoms with Crippen molar-refractivity contribution in [1.29, 1.82) is 0 Å². The van der Waals surface area contributed by atoms with Crippen molar-refractivity contribution in [1.82, 2.24) is 0 Å². The van der Waals surface area contributed by atoms with E-state index in [0.717, 1.165) is 25.7 Å². The molecule has 1 heterocycles. The maximum absolute atomic E-state index is 12.5. The van der Waals surface area contributed by atoms with E-state index in [0.29, 0.717) is 11.5 Å². The first-order valence-electron chi connectivity index (χ1n) is 11.1. The highest BCUT2D eigenvalue weighted by Gasteiger charge is 2.69. The molecule has 1 aliphatic heterocycles. The molecule has 0 aromatic carbocycles. The van der Waals surface area contributed by atoms with E-state index in [2.05, 4.69) is 27.7 Å². The van der Waals surface area contributed by atoms with Gasteiger partial charge in [0.15, 0.2) is 0 Å². The zero-order chi connectivity index (χ0) is 22.1. The molecule has 6 heteroatoms. The molecule has 1 saturated heterocycles. The number of carbonyl (C=O) groups excluding carboxylic acids is 3. The van der Waals surface area contributed by atoms with Crippen LogP contribution in [0.4, 0.5) is 0 Å². The van der Waals surface area contributed by atoms with Gasteiger partial charge in [-0.3, -0.25) is 9.59 Å². The van der Waals surface area contributed by atoms with Crippen LogP contribution < -0.4 is 0 Å². The maximum Gasteiger partial charge on any atom is 0.334 e. The number of fused-ring (bicyclic) bond motifs is 5. The van der Waals surface area contributed by atoms with Gasteiger partial charge in [-0.15, -0.1) is 0 Å². The second-order valence-electron chi connectivity index (χ2n) is 10.9. The van der Waals surface area contributed by atoms with Gasteiger partial charge in [-0.1, -0.05) is 34.1 Å². The van der Waals surface area contributed by atoms with Gasteiger partial charge in [0.05, 0.1) is 6.61 Å². The van der Waals surface area contributed by atoms with Crippen LogP contribution in [0.15, 0.2) is 11.6 Å². The summed E-state index contributed by atoms with van der Waals surface area (Å²) in [6.45, 7) is 12.2. The molecule has 0 unspecified atom stereocenters. The minimum atomic E-state index is -0.555. The lowest BCUT2D eigenvalue weighted by Crippen LogP contribution is -2.67. The van der Waals surface area contributed by atoms with Gasteiger partial charge in [0.1, 0.15) is 12.2 Å². The summed E-state index contributed by atoms with van der Waals surface area (Å²) in [5.41, 5.74) is -0.0181. The highest BCUT2D eigenvalue weighted by Crippen LogP contribution is 2.69. The molecule has 0 amide bonds. The number of hydrogen-bond acceptors (Lipinski definition) is 6. The summed E-state index contributed by atoms with van der Waals surface area (Å²) in [6, 6.07) is 0. The van der Waals surface area contributed by atoms with E-state index in [4.69, 9.17) is 14.2 Å². The molecule has 7 atom stereocenters. The quantitative estimate of drug-likeness (QED) is 0.501. The molecule has 30 heavy (non-hydrogen) atoms. The Bertz CT molecular complexity index is 813. The lowest BCUT2D eigenvalue weighted by molar-refractivity contribution is -0.236. The monoisotopic (exact) mass is 418 g/mol. The molecule has 0 radical (unpaired) electrons. The van der Waals surface area contributed by atoms with Crippen LogP contribution in [0.3, 0.4) is 0 Å². The normalized spacial score (nSPS) is 44.0. The molecule has 0 spiro atoms. The highest BCUT2D eigenvalue weighted by atomic mass is 16.6. The number of esters is 3. The fourth-order valence-electron chi connectivity index (χ4n) is 7.79. The Balaban J connectivity index is 1.92. The largest absolute Gasteiger partial charge is 0.462 e. The van der Waals surface area contributed by atoms with Crippen molar-refractivity contribution in [3.63, 3.8) is 0 Å². The summed E-state index contributed by atoms with van der Waals surface area (Å²) >= 11 is 0. The molecule has 0 N–H and O–H groups in total. The first-order valence-corrected chi connectivity index (χ1v) is 11.1. The third kappa shape index (κ3) is 2.93. The van der Waals surface area contributed by atoms with Crippen LogP contribution in [-0.2, 0) is 28.6 Å². The van der Waals surface area contributed by atoms with E-state index >= 15 is 0 Å². The van der Waals surface area contributed by atoms with Crippen LogP contribution in [0, 0.1) is 34.0 Å². The van der Waals surface area contributed by atoms with Crippen LogP contribution in [0.5, 0.6) is 0 Å². The Morgan fingerprint density at radius 1 is 1.07 bits per heavy atom. The third-order valence-electron chi connectivity index (χ3n) is 8.83. The van der Waals surface area contributed by atoms with Crippen LogP contribution in [0.25, 0.3) is 0 Å². The van der Waals surface area contributed by atoms with Gasteiger partial charge in [0.25, 0.3) is 0 Å². The summed E-state index contributed by atoms with van der Waals surface area (Å²) in [5.74, 6) is -0.966. The predicted octanol–water partition coefficient (Wildman–Crippen LogP) is 3.82. The smallest absolute Gasteiger partial charge is 0.334 e. The van der Waals surface area contributed by atoms with Crippen molar-refractivity contribution >= 4 is 17.9 Å². The molecule has 0 aromatic rings. The predicted molar refractivity (Wildman–Crippen MR) is 109 cm³/mol. The average Bonchev–Trinajstić information content (AvgIpc) is 2.97. The zero-order valence-electron chi connectivity index (χ0n) is 18.9. The summed E-state index contributed by atoms with van der Waals surface area (Å²) in [7, 11) is 0. The van der Waals surface area contributed by atoms with Crippen molar-refractivity contribution in [2.75, 3.05) is 6.61 Å². The SMILES string of the molecule is CC(=O)O[C@H]1C=C2C(=O)OC[C@H]2[C@]2(C)[C@@H](OC(C)=O)C[C@H]3C(C)(C)CCC[C@]3(C)[C@@H]12. The summed E-state index contributed by atoms with van der Waals surface area (Å²) in [5, 5.41) is 0. The Labute approximate surface area is 178 Å². The molecule has 166 valence electrons. The summed E-state index contributed by atoms with van der Waals surface area (Å²) in [6.07, 6.45) is 4.92. The van der Waals surface area contributed by atoms with Crippen molar-refractivity contribution in [3.8, 4) is 0 Å². The molecule has 3 aliphatic carbocycles. The molecular weight excluding hydrogens is 384 g/mol. The number of rotatable bonds is 2. The molecule has 4 rings (SSSR count). The lowest BCUT2D eigenvalue weighted by Gasteiger charge is -2.67. The van der Waals surface area contributed by atoms with Crippen LogP contribution in [-0.4, -0.2) is 36.7 Å². The van der Waals surface area contributed by atoms with Gasteiger partial charge in [-0.05, 0) is 42.1 Å². The molecule has 4 aliphatic rings. The van der Waals surface area contributed by atoms with Gasteiger partial charge in [-0.25, -0.2) is 4.79 Å². The Morgan fingerprint density at radius 2 is 1.73 bits per heavy atom. The van der Waals surface area contributed by atoms with Gasteiger partial charge in [0, 0.05) is 36.7 Å². The molecule has 0 aromatic heterocycles. The van der Waals surface area contributed by atoms with Crippen molar-refractivity contribution in [2.45, 2.75) is 79.4 Å². The number of cyclic esters (lactones) is 1. The molecule has 2 saturated carbocycles. The Morgan fingerprint density at radius 3 is 2.37 bits per heavy atom. The van der Waals surface area contributed by atoms with E-state index in [-0.39, 0.29) is 53.3 Å². The topological polar surface area (TPSA) is 78.9 Å². The first-order chi connectivity index (χ1) is 13.9. The fraction of sp³-hybridized carbons (Fsp3) is 0.792. The summed E-state index contributed by atoms with van der Waals surface area (Å²) < 4.78 is 17.3. The van der Waals surface area contributed by atoms with Crippen molar-refractivity contribution in [2.24, 2.45) is 34.0 Å². The molecule has 6 nitrogen and oxygen atoms in total. The van der Waals surface area contributed by atoms with E-state index in [1.807, 2.05) is 6.08 Å². The van der Waals surface area contributed by atoms with Gasteiger partial charge < -0.3 is 14.2 Å². The van der Waals surface area contributed by atoms with Crippen LogP contribution in [0.1, 0.15) is 67.2 Å². The van der Waals surface area contributed by atoms with Gasteiger partial charge in [-0.2, -0.15) is 0 Å². The number of ether oxygens (including phenoxy) is 3. The Kier molecular flexibility index (Phi) is 4.87. The second-order valence-corrected chi connectivity index (χ2v) is 10.9. The standard InChI is InChI=1S/C24H34O6/c1-13(25)29-17-10-15-16(12-28-21(15)27)24(6)19(30-14(2)26)11-18-22(3,4)8-7-9-23(18,5)20(17)24/h10,16-20H,7-9,11-12H2,1-6H3/t16-,17+,18+,19+,20-,23+,24-/m1/s1. The highest BCUT2D eigenvalue weighted by molar-refractivity contribution is 5.92. The number of hydrogen-bond donors (Lipinski definition) is 0. The first kappa shape index (κ1) is 21.4. The van der Waals surface area contributed by atoms with Gasteiger partial charge in [0.2, 0.25) is 0 Å². The van der Waals surface area contributed by atoms with Gasteiger partial charge >= 0.3 is 17.9 Å².